The maximum atomic E-state index is 12.7. The average molecular weight is 389 g/mol. The minimum Gasteiger partial charge on any atom is -0.493 e. The molecule has 0 aromatic heterocycles. The van der Waals surface area contributed by atoms with Gasteiger partial charge in [0.05, 0.1) is 26.8 Å². The maximum absolute atomic E-state index is 12.7. The highest BCUT2D eigenvalue weighted by molar-refractivity contribution is 5.85. The van der Waals surface area contributed by atoms with Gasteiger partial charge >= 0.3 is 5.97 Å². The molecule has 1 atom stereocenters. The largest absolute Gasteiger partial charge is 0.493 e. The molecule has 1 unspecified atom stereocenters. The Morgan fingerprint density at radius 2 is 1.81 bits per heavy atom. The molecule has 0 fully saturated rings. The van der Waals surface area contributed by atoms with Crippen LogP contribution in [-0.2, 0) is 16.1 Å². The highest BCUT2D eigenvalue weighted by atomic mass is 35.5. The summed E-state index contributed by atoms with van der Waals surface area (Å²) >= 11 is 0. The minimum absolute atomic E-state index is 0. The van der Waals surface area contributed by atoms with Crippen molar-refractivity contribution in [3.63, 3.8) is 0 Å². The van der Waals surface area contributed by atoms with Gasteiger partial charge < -0.3 is 19.5 Å². The van der Waals surface area contributed by atoms with Crippen LogP contribution >= 0.6 is 12.4 Å². The number of methoxy groups -OCH3 is 2. The third kappa shape index (κ3) is 6.72. The summed E-state index contributed by atoms with van der Waals surface area (Å²) in [4.78, 5) is 26.9. The van der Waals surface area contributed by atoms with E-state index in [1.54, 1.807) is 44.1 Å². The Labute approximate surface area is 161 Å². The standard InChI is InChI=1S/C18H28N2O5.ClH/c1-6-9-20(12-17(21)22)13(2)18(23)19(3)11-14-7-8-15(24-4)16(10-14)25-5;/h7-8,10,13H,6,9,11-12H2,1-5H3,(H,21,22);1H. The molecule has 0 bridgehead atoms. The fourth-order valence-electron chi connectivity index (χ4n) is 2.68. The Kier molecular flexibility index (Phi) is 10.7. The molecule has 7 nitrogen and oxygen atoms in total. The molecule has 0 spiro atoms. The van der Waals surface area contributed by atoms with E-state index in [1.165, 1.54) is 0 Å². The van der Waals surface area contributed by atoms with E-state index < -0.39 is 12.0 Å². The van der Waals surface area contributed by atoms with Gasteiger partial charge in [-0.2, -0.15) is 0 Å². The molecule has 1 amide bonds. The van der Waals surface area contributed by atoms with Crippen molar-refractivity contribution in [2.24, 2.45) is 0 Å². The maximum Gasteiger partial charge on any atom is 0.317 e. The fourth-order valence-corrected chi connectivity index (χ4v) is 2.68. The molecule has 0 aliphatic carbocycles. The summed E-state index contributed by atoms with van der Waals surface area (Å²) in [5, 5.41) is 9.03. The lowest BCUT2D eigenvalue weighted by molar-refractivity contribution is -0.142. The van der Waals surface area contributed by atoms with E-state index in [1.807, 2.05) is 19.1 Å². The monoisotopic (exact) mass is 388 g/mol. The highest BCUT2D eigenvalue weighted by Gasteiger charge is 2.25. The Hall–Kier alpha value is -1.99. The van der Waals surface area contributed by atoms with Crippen LogP contribution in [-0.4, -0.2) is 67.2 Å². The van der Waals surface area contributed by atoms with Crippen LogP contribution < -0.4 is 9.47 Å². The molecule has 0 aliphatic heterocycles. The third-order valence-corrected chi connectivity index (χ3v) is 4.00. The first-order valence-corrected chi connectivity index (χ1v) is 8.25. The molecule has 0 heterocycles. The molecule has 0 saturated heterocycles. The number of hydrogen-bond acceptors (Lipinski definition) is 5. The van der Waals surface area contributed by atoms with Crippen molar-refractivity contribution in [2.45, 2.75) is 32.9 Å². The van der Waals surface area contributed by atoms with E-state index in [-0.39, 0.29) is 24.9 Å². The third-order valence-electron chi connectivity index (χ3n) is 4.00. The summed E-state index contributed by atoms with van der Waals surface area (Å²) in [6.07, 6.45) is 0.782. The smallest absolute Gasteiger partial charge is 0.317 e. The van der Waals surface area contributed by atoms with Crippen LogP contribution in [0.3, 0.4) is 0 Å². The van der Waals surface area contributed by atoms with E-state index in [4.69, 9.17) is 14.6 Å². The van der Waals surface area contributed by atoms with Crippen molar-refractivity contribution in [3.8, 4) is 11.5 Å². The number of hydrogen-bond donors (Lipinski definition) is 1. The Bertz CT molecular complexity index is 597. The number of carboxylic acids is 1. The van der Waals surface area contributed by atoms with Crippen LogP contribution in [0.4, 0.5) is 0 Å². The van der Waals surface area contributed by atoms with Crippen molar-refractivity contribution in [2.75, 3.05) is 34.4 Å². The van der Waals surface area contributed by atoms with Crippen LogP contribution in [0.2, 0.25) is 0 Å². The van der Waals surface area contributed by atoms with Gasteiger partial charge in [-0.1, -0.05) is 13.0 Å². The molecule has 1 aromatic carbocycles. The quantitative estimate of drug-likeness (QED) is 0.662. The summed E-state index contributed by atoms with van der Waals surface area (Å²) in [7, 11) is 4.84. The van der Waals surface area contributed by atoms with Gasteiger partial charge in [0.2, 0.25) is 5.91 Å². The number of carboxylic acid groups (broad SMARTS) is 1. The number of aliphatic carboxylic acids is 1. The second-order valence-electron chi connectivity index (χ2n) is 5.92. The van der Waals surface area contributed by atoms with Crippen molar-refractivity contribution < 1.29 is 24.2 Å². The number of benzene rings is 1. The average Bonchev–Trinajstić information content (AvgIpc) is 2.59. The van der Waals surface area contributed by atoms with Crippen LogP contribution in [0.25, 0.3) is 0 Å². The zero-order valence-corrected chi connectivity index (χ0v) is 16.8. The number of likely N-dealkylation sites (N-methyl/N-ethyl adjacent to an activating group) is 1. The first-order chi connectivity index (χ1) is 11.8. The molecular weight excluding hydrogens is 360 g/mol. The molecule has 1 aromatic rings. The number of carbonyl (C=O) groups is 2. The number of halogens is 1. The first-order valence-electron chi connectivity index (χ1n) is 8.25. The number of amides is 1. The van der Waals surface area contributed by atoms with Crippen LogP contribution in [0.1, 0.15) is 25.8 Å². The molecule has 0 radical (unpaired) electrons. The predicted molar refractivity (Wildman–Crippen MR) is 102 cm³/mol. The molecule has 0 aliphatic rings. The van der Waals surface area contributed by atoms with Crippen molar-refractivity contribution in [1.82, 2.24) is 9.80 Å². The summed E-state index contributed by atoms with van der Waals surface area (Å²) in [6, 6.07) is 5.00. The lowest BCUT2D eigenvalue weighted by Crippen LogP contribution is -2.47. The van der Waals surface area contributed by atoms with Crippen LogP contribution in [0.5, 0.6) is 11.5 Å². The topological polar surface area (TPSA) is 79.3 Å². The lowest BCUT2D eigenvalue weighted by atomic mass is 10.1. The second-order valence-corrected chi connectivity index (χ2v) is 5.92. The van der Waals surface area contributed by atoms with Crippen molar-refractivity contribution in [3.05, 3.63) is 23.8 Å². The van der Waals surface area contributed by atoms with E-state index in [0.717, 1.165) is 12.0 Å². The Balaban J connectivity index is 0.00000625. The van der Waals surface area contributed by atoms with Gasteiger partial charge in [0.15, 0.2) is 11.5 Å². The number of carbonyl (C=O) groups excluding carboxylic acids is 1. The Morgan fingerprint density at radius 1 is 1.19 bits per heavy atom. The molecule has 148 valence electrons. The van der Waals surface area contributed by atoms with Gasteiger partial charge in [-0.15, -0.1) is 12.4 Å². The minimum atomic E-state index is -0.935. The lowest BCUT2D eigenvalue weighted by Gasteiger charge is -2.30. The fraction of sp³-hybridized carbons (Fsp3) is 0.556. The van der Waals surface area contributed by atoms with Crippen molar-refractivity contribution >= 4 is 24.3 Å². The second kappa shape index (κ2) is 11.6. The van der Waals surface area contributed by atoms with Crippen LogP contribution in [0.15, 0.2) is 18.2 Å². The zero-order valence-electron chi connectivity index (χ0n) is 16.0. The number of nitrogens with zero attached hydrogens (tertiary/aromatic N) is 2. The van der Waals surface area contributed by atoms with Gasteiger partial charge in [0, 0.05) is 13.6 Å². The molecule has 8 heteroatoms. The zero-order chi connectivity index (χ0) is 19.0. The molecule has 0 saturated carbocycles. The Morgan fingerprint density at radius 3 is 2.31 bits per heavy atom. The van der Waals surface area contributed by atoms with Gasteiger partial charge in [0.25, 0.3) is 0 Å². The summed E-state index contributed by atoms with van der Waals surface area (Å²) in [5.41, 5.74) is 0.904. The van der Waals surface area contributed by atoms with Crippen LogP contribution in [0, 0.1) is 0 Å². The van der Waals surface area contributed by atoms with E-state index >= 15 is 0 Å². The van der Waals surface area contributed by atoms with E-state index in [2.05, 4.69) is 0 Å². The normalized spacial score (nSPS) is 11.5. The summed E-state index contributed by atoms with van der Waals surface area (Å²) < 4.78 is 10.5. The van der Waals surface area contributed by atoms with Gasteiger partial charge in [-0.05, 0) is 37.6 Å². The van der Waals surface area contributed by atoms with E-state index in [9.17, 15) is 9.59 Å². The van der Waals surface area contributed by atoms with E-state index in [0.29, 0.717) is 24.6 Å². The first kappa shape index (κ1) is 24.0. The SMILES string of the molecule is CCCN(CC(=O)O)C(C)C(=O)N(C)Cc1ccc(OC)c(OC)c1.Cl. The highest BCUT2D eigenvalue weighted by Crippen LogP contribution is 2.28. The van der Waals surface area contributed by atoms with Gasteiger partial charge in [-0.25, -0.2) is 0 Å². The molecule has 26 heavy (non-hydrogen) atoms. The predicted octanol–water partition coefficient (Wildman–Crippen LogP) is 2.27. The molecule has 1 N–H and O–H groups in total. The number of ether oxygens (including phenoxy) is 2. The molecule has 1 rings (SSSR count). The number of rotatable bonds is 10. The van der Waals surface area contributed by atoms with Gasteiger partial charge in [-0.3, -0.25) is 14.5 Å². The summed E-state index contributed by atoms with van der Waals surface area (Å²) in [6.45, 7) is 4.51. The van der Waals surface area contributed by atoms with Crippen molar-refractivity contribution in [1.29, 1.82) is 0 Å². The summed E-state index contributed by atoms with van der Waals surface area (Å²) in [5.74, 6) is 0.177. The molecular formula is C18H29ClN2O5. The van der Waals surface area contributed by atoms with Gasteiger partial charge in [0.1, 0.15) is 0 Å².